The van der Waals surface area contributed by atoms with Gasteiger partial charge < -0.3 is 9.84 Å². The number of phenols is 1. The molecular formula is C19H22O2. The van der Waals surface area contributed by atoms with Crippen molar-refractivity contribution in [3.8, 4) is 5.75 Å². The van der Waals surface area contributed by atoms with Gasteiger partial charge in [0.15, 0.2) is 0 Å². The Labute approximate surface area is 126 Å². The first-order valence-corrected chi connectivity index (χ1v) is 7.13. The van der Waals surface area contributed by atoms with Gasteiger partial charge in [0.2, 0.25) is 0 Å². The maximum absolute atomic E-state index is 10.3. The topological polar surface area (TPSA) is 29.5 Å². The molecule has 2 aromatic rings. The largest absolute Gasteiger partial charge is 0.507 e. The highest BCUT2D eigenvalue weighted by Gasteiger charge is 2.09. The molecular weight excluding hydrogens is 260 g/mol. The van der Waals surface area contributed by atoms with E-state index < -0.39 is 0 Å². The Bertz CT molecular complexity index is 615. The van der Waals surface area contributed by atoms with E-state index in [1.54, 1.807) is 0 Å². The first kappa shape index (κ1) is 15.3. The minimum atomic E-state index is 0.330. The van der Waals surface area contributed by atoms with Gasteiger partial charge in [0, 0.05) is 5.56 Å². The van der Waals surface area contributed by atoms with E-state index in [0.717, 1.165) is 27.8 Å². The highest BCUT2D eigenvalue weighted by atomic mass is 16.5. The Morgan fingerprint density at radius 1 is 1.10 bits per heavy atom. The molecule has 0 heterocycles. The second-order valence-electron chi connectivity index (χ2n) is 5.54. The average Bonchev–Trinajstić information content (AvgIpc) is 2.44. The summed E-state index contributed by atoms with van der Waals surface area (Å²) in [6.07, 6.45) is 0.694. The number of hydrogen-bond acceptors (Lipinski definition) is 2. The summed E-state index contributed by atoms with van der Waals surface area (Å²) >= 11 is 0. The monoisotopic (exact) mass is 282 g/mol. The van der Waals surface area contributed by atoms with Crippen LogP contribution < -0.4 is 0 Å². The molecule has 2 heteroatoms. The van der Waals surface area contributed by atoms with Crippen LogP contribution in [0.25, 0.3) is 0 Å². The fourth-order valence-electron chi connectivity index (χ4n) is 2.36. The summed E-state index contributed by atoms with van der Waals surface area (Å²) in [5.74, 6) is 0.330. The van der Waals surface area contributed by atoms with Crippen LogP contribution in [0.1, 0.15) is 29.2 Å². The van der Waals surface area contributed by atoms with Gasteiger partial charge in [0.05, 0.1) is 13.2 Å². The molecule has 2 nitrogen and oxygen atoms in total. The van der Waals surface area contributed by atoms with Gasteiger partial charge in [0.1, 0.15) is 5.75 Å². The second-order valence-corrected chi connectivity index (χ2v) is 5.54. The Morgan fingerprint density at radius 3 is 2.43 bits per heavy atom. The molecule has 1 N–H and O–H groups in total. The lowest BCUT2D eigenvalue weighted by Crippen LogP contribution is -1.98. The van der Waals surface area contributed by atoms with Crippen LogP contribution in [0.15, 0.2) is 54.6 Å². The maximum Gasteiger partial charge on any atom is 0.124 e. The Balaban J connectivity index is 2.05. The molecule has 0 saturated heterocycles. The minimum absolute atomic E-state index is 0.330. The molecule has 0 saturated carbocycles. The SMILES string of the molecule is C=C(C)Cc1cc(C)cc(COCc2ccccc2)c1O. The summed E-state index contributed by atoms with van der Waals surface area (Å²) in [4.78, 5) is 0. The van der Waals surface area contributed by atoms with Gasteiger partial charge in [-0.2, -0.15) is 0 Å². The lowest BCUT2D eigenvalue weighted by molar-refractivity contribution is 0.105. The Kier molecular flexibility index (Phi) is 5.18. The van der Waals surface area contributed by atoms with Gasteiger partial charge in [-0.15, -0.1) is 0 Å². The van der Waals surface area contributed by atoms with Gasteiger partial charge in [-0.05, 0) is 31.4 Å². The molecule has 0 radical (unpaired) electrons. The van der Waals surface area contributed by atoms with Crippen LogP contribution in [0.2, 0.25) is 0 Å². The van der Waals surface area contributed by atoms with Crippen LogP contribution in [-0.4, -0.2) is 5.11 Å². The molecule has 0 aromatic heterocycles. The zero-order valence-electron chi connectivity index (χ0n) is 12.7. The maximum atomic E-state index is 10.3. The lowest BCUT2D eigenvalue weighted by atomic mass is 10.00. The van der Waals surface area contributed by atoms with E-state index in [-0.39, 0.29) is 0 Å². The highest BCUT2D eigenvalue weighted by molar-refractivity contribution is 5.44. The fraction of sp³-hybridized carbons (Fsp3) is 0.263. The molecule has 0 atom stereocenters. The van der Waals surface area contributed by atoms with Crippen molar-refractivity contribution < 1.29 is 9.84 Å². The minimum Gasteiger partial charge on any atom is -0.507 e. The molecule has 0 amide bonds. The van der Waals surface area contributed by atoms with Crippen LogP contribution in [0, 0.1) is 6.92 Å². The molecule has 0 aliphatic rings. The first-order chi connectivity index (χ1) is 10.1. The third-order valence-corrected chi connectivity index (χ3v) is 3.27. The van der Waals surface area contributed by atoms with Crippen molar-refractivity contribution in [1.82, 2.24) is 0 Å². The molecule has 0 aliphatic carbocycles. The van der Waals surface area contributed by atoms with Crippen molar-refractivity contribution in [2.24, 2.45) is 0 Å². The molecule has 0 spiro atoms. The van der Waals surface area contributed by atoms with Crippen LogP contribution in [0.5, 0.6) is 5.75 Å². The van der Waals surface area contributed by atoms with Crippen molar-refractivity contribution in [3.63, 3.8) is 0 Å². The summed E-state index contributed by atoms with van der Waals surface area (Å²) in [5.41, 5.74) is 5.05. The molecule has 21 heavy (non-hydrogen) atoms. The van der Waals surface area contributed by atoms with E-state index >= 15 is 0 Å². The van der Waals surface area contributed by atoms with E-state index in [2.05, 4.69) is 6.58 Å². The van der Waals surface area contributed by atoms with Crippen molar-refractivity contribution in [2.75, 3.05) is 0 Å². The van der Waals surface area contributed by atoms with Crippen LogP contribution in [0.3, 0.4) is 0 Å². The van der Waals surface area contributed by atoms with Crippen molar-refractivity contribution in [1.29, 1.82) is 0 Å². The van der Waals surface area contributed by atoms with Crippen LogP contribution >= 0.6 is 0 Å². The van der Waals surface area contributed by atoms with E-state index in [1.165, 1.54) is 0 Å². The summed E-state index contributed by atoms with van der Waals surface area (Å²) in [5, 5.41) is 10.3. The molecule has 0 fully saturated rings. The number of aryl methyl sites for hydroxylation is 1. The van der Waals surface area contributed by atoms with Gasteiger partial charge in [-0.3, -0.25) is 0 Å². The summed E-state index contributed by atoms with van der Waals surface area (Å²) in [6, 6.07) is 14.0. The lowest BCUT2D eigenvalue weighted by Gasteiger charge is -2.12. The number of hydrogen-bond donors (Lipinski definition) is 1. The third kappa shape index (κ3) is 4.47. The van der Waals surface area contributed by atoms with Crippen molar-refractivity contribution in [2.45, 2.75) is 33.5 Å². The standard InChI is InChI=1S/C19H22O2/c1-14(2)9-17-10-15(3)11-18(19(17)20)13-21-12-16-7-5-4-6-8-16/h4-8,10-11,20H,1,9,12-13H2,2-3H3. The van der Waals surface area contributed by atoms with Gasteiger partial charge >= 0.3 is 0 Å². The van der Waals surface area contributed by atoms with Crippen LogP contribution in [-0.2, 0) is 24.4 Å². The van der Waals surface area contributed by atoms with Crippen molar-refractivity contribution >= 4 is 0 Å². The fourth-order valence-corrected chi connectivity index (χ4v) is 2.36. The molecule has 110 valence electrons. The van der Waals surface area contributed by atoms with Gasteiger partial charge in [-0.25, -0.2) is 0 Å². The Morgan fingerprint density at radius 2 is 1.76 bits per heavy atom. The third-order valence-electron chi connectivity index (χ3n) is 3.27. The molecule has 2 aromatic carbocycles. The summed E-state index contributed by atoms with van der Waals surface area (Å²) in [6.45, 7) is 8.86. The Hall–Kier alpha value is -2.06. The number of benzene rings is 2. The summed E-state index contributed by atoms with van der Waals surface area (Å²) in [7, 11) is 0. The highest BCUT2D eigenvalue weighted by Crippen LogP contribution is 2.27. The van der Waals surface area contributed by atoms with Crippen molar-refractivity contribution in [3.05, 3.63) is 76.9 Å². The quantitative estimate of drug-likeness (QED) is 0.788. The number of ether oxygens (including phenoxy) is 1. The number of rotatable bonds is 6. The van der Waals surface area contributed by atoms with Crippen LogP contribution in [0.4, 0.5) is 0 Å². The molecule has 0 aliphatic heterocycles. The molecule has 2 rings (SSSR count). The smallest absolute Gasteiger partial charge is 0.124 e. The zero-order chi connectivity index (χ0) is 15.2. The molecule has 0 unspecified atom stereocenters. The van der Waals surface area contributed by atoms with Gasteiger partial charge in [-0.1, -0.05) is 60.2 Å². The zero-order valence-corrected chi connectivity index (χ0v) is 12.7. The van der Waals surface area contributed by atoms with E-state index in [9.17, 15) is 5.11 Å². The number of allylic oxidation sites excluding steroid dienone is 1. The normalized spacial score (nSPS) is 10.6. The first-order valence-electron chi connectivity index (χ1n) is 7.13. The predicted molar refractivity (Wildman–Crippen MR) is 86.3 cm³/mol. The summed E-state index contributed by atoms with van der Waals surface area (Å²) < 4.78 is 5.72. The molecule has 0 bridgehead atoms. The van der Waals surface area contributed by atoms with E-state index in [1.807, 2.05) is 56.3 Å². The average molecular weight is 282 g/mol. The van der Waals surface area contributed by atoms with E-state index in [0.29, 0.717) is 25.4 Å². The predicted octanol–water partition coefficient (Wildman–Crippen LogP) is 4.54. The second kappa shape index (κ2) is 7.09. The number of aromatic hydroxyl groups is 1. The van der Waals surface area contributed by atoms with E-state index in [4.69, 9.17) is 4.74 Å². The number of phenolic OH excluding ortho intramolecular Hbond substituents is 1. The van der Waals surface area contributed by atoms with Gasteiger partial charge in [0.25, 0.3) is 0 Å².